The summed E-state index contributed by atoms with van der Waals surface area (Å²) >= 11 is 0. The van der Waals surface area contributed by atoms with E-state index < -0.39 is 6.10 Å². The third-order valence-corrected chi connectivity index (χ3v) is 14.0. The lowest BCUT2D eigenvalue weighted by atomic mass is 10.0. The molecule has 6 nitrogen and oxygen atoms in total. The molecule has 0 aliphatic heterocycles. The Balaban J connectivity index is 4.33. The zero-order valence-corrected chi connectivity index (χ0v) is 46.6. The van der Waals surface area contributed by atoms with E-state index in [4.69, 9.17) is 14.2 Å². The lowest BCUT2D eigenvalue weighted by Crippen LogP contribution is -2.30. The number of allylic oxidation sites excluding steroid dienone is 4. The topological polar surface area (TPSA) is 78.9 Å². The summed E-state index contributed by atoms with van der Waals surface area (Å²) in [7, 11) is 0. The molecule has 0 aromatic heterocycles. The number of hydrogen-bond donors (Lipinski definition) is 0. The van der Waals surface area contributed by atoms with Crippen molar-refractivity contribution in [3.05, 3.63) is 24.3 Å². The predicted molar refractivity (Wildman–Crippen MR) is 298 cm³/mol. The van der Waals surface area contributed by atoms with Crippen LogP contribution in [0.15, 0.2) is 24.3 Å². The second-order valence-electron chi connectivity index (χ2n) is 21.0. The Hall–Kier alpha value is -2.11. The molecule has 0 saturated heterocycles. The van der Waals surface area contributed by atoms with E-state index in [1.807, 2.05) is 0 Å². The van der Waals surface area contributed by atoms with E-state index in [1.54, 1.807) is 0 Å². The van der Waals surface area contributed by atoms with Crippen molar-refractivity contribution in [3.63, 3.8) is 0 Å². The summed E-state index contributed by atoms with van der Waals surface area (Å²) in [4.78, 5) is 38.3. The second-order valence-corrected chi connectivity index (χ2v) is 21.0. The van der Waals surface area contributed by atoms with Crippen molar-refractivity contribution in [2.75, 3.05) is 13.2 Å². The molecule has 0 atom stereocenters. The van der Waals surface area contributed by atoms with Gasteiger partial charge in [0, 0.05) is 19.3 Å². The fourth-order valence-electron chi connectivity index (χ4n) is 9.30. The quantitative estimate of drug-likeness (QED) is 0.0261. The average Bonchev–Trinajstić information content (AvgIpc) is 3.35. The van der Waals surface area contributed by atoms with Gasteiger partial charge in [0.2, 0.25) is 0 Å². The zero-order valence-electron chi connectivity index (χ0n) is 46.6. The molecular formula is C63H118O6. The van der Waals surface area contributed by atoms with Gasteiger partial charge in [0.25, 0.3) is 0 Å². The van der Waals surface area contributed by atoms with Crippen LogP contribution in [0.25, 0.3) is 0 Å². The highest BCUT2D eigenvalue weighted by Crippen LogP contribution is 2.18. The molecule has 69 heavy (non-hydrogen) atoms. The lowest BCUT2D eigenvalue weighted by molar-refractivity contribution is -0.167. The largest absolute Gasteiger partial charge is 0.462 e. The van der Waals surface area contributed by atoms with Crippen LogP contribution in [0.3, 0.4) is 0 Å². The minimum absolute atomic E-state index is 0.0686. The first-order valence-electron chi connectivity index (χ1n) is 30.8. The smallest absolute Gasteiger partial charge is 0.306 e. The summed E-state index contributed by atoms with van der Waals surface area (Å²) in [5.74, 6) is -0.850. The van der Waals surface area contributed by atoms with Gasteiger partial charge in [-0.15, -0.1) is 0 Å². The summed E-state index contributed by atoms with van der Waals surface area (Å²) in [6, 6.07) is 0. The summed E-state index contributed by atoms with van der Waals surface area (Å²) in [6.45, 7) is 6.68. The first kappa shape index (κ1) is 66.9. The number of carbonyl (C=O) groups excluding carboxylic acids is 3. The predicted octanol–water partition coefficient (Wildman–Crippen LogP) is 20.7. The number of hydrogen-bond acceptors (Lipinski definition) is 6. The van der Waals surface area contributed by atoms with E-state index in [0.717, 1.165) is 70.6 Å². The molecule has 0 fully saturated rings. The molecule has 0 amide bonds. The Morgan fingerprint density at radius 1 is 0.290 bits per heavy atom. The van der Waals surface area contributed by atoms with Gasteiger partial charge in [-0.1, -0.05) is 295 Å². The van der Waals surface area contributed by atoms with Crippen molar-refractivity contribution in [2.45, 2.75) is 348 Å². The van der Waals surface area contributed by atoms with Crippen LogP contribution in [0, 0.1) is 0 Å². The Bertz CT molecular complexity index is 1060. The molecule has 6 heteroatoms. The zero-order chi connectivity index (χ0) is 50.0. The molecule has 0 bridgehead atoms. The minimum Gasteiger partial charge on any atom is -0.462 e. The summed E-state index contributed by atoms with van der Waals surface area (Å²) in [5, 5.41) is 0. The molecule has 0 saturated carbocycles. The highest BCUT2D eigenvalue weighted by Gasteiger charge is 2.19. The number of unbranched alkanes of at least 4 members (excludes halogenated alkanes) is 42. The average molecular weight is 972 g/mol. The standard InChI is InChI=1S/C63H118O6/c1-4-7-10-13-16-19-22-25-28-31-34-37-40-43-46-49-52-55-61(64)67-58-60(69-63(66)57-54-51-48-45-42-39-36-33-30-27-24-21-18-15-12-9-6-3)59-68-62(65)56-53-50-47-44-41-38-35-32-29-26-23-20-17-14-11-8-5-2/h18,21,27,30,60H,4-17,19-20,22-26,28-29,31-59H2,1-3H3/b21-18-,30-27-. The molecule has 0 aromatic rings. The van der Waals surface area contributed by atoms with Crippen molar-refractivity contribution in [2.24, 2.45) is 0 Å². The SMILES string of the molecule is CCCCC/C=C\C/C=C\CCCCCCCCCC(=O)OC(COC(=O)CCCCCCCCCCCCCCCCCCC)COC(=O)CCCCCCCCCCCCCCCCCCC. The van der Waals surface area contributed by atoms with Gasteiger partial charge < -0.3 is 14.2 Å². The van der Waals surface area contributed by atoms with Gasteiger partial charge in [-0.25, -0.2) is 0 Å². The fraction of sp³-hybridized carbons (Fsp3) is 0.889. The normalized spacial score (nSPS) is 11.7. The Morgan fingerprint density at radius 3 is 0.826 bits per heavy atom. The van der Waals surface area contributed by atoms with Gasteiger partial charge in [-0.3, -0.25) is 14.4 Å². The molecule has 0 aliphatic rings. The summed E-state index contributed by atoms with van der Waals surface area (Å²) < 4.78 is 16.9. The van der Waals surface area contributed by atoms with E-state index in [2.05, 4.69) is 45.1 Å². The van der Waals surface area contributed by atoms with E-state index in [0.29, 0.717) is 19.3 Å². The Kier molecular flexibility index (Phi) is 56.7. The lowest BCUT2D eigenvalue weighted by Gasteiger charge is -2.18. The fourth-order valence-corrected chi connectivity index (χ4v) is 9.30. The summed E-state index contributed by atoms with van der Waals surface area (Å²) in [5.41, 5.74) is 0. The van der Waals surface area contributed by atoms with Crippen molar-refractivity contribution in [1.82, 2.24) is 0 Å². The Labute approximate surface area is 430 Å². The molecule has 0 spiro atoms. The van der Waals surface area contributed by atoms with Crippen LogP contribution < -0.4 is 0 Å². The summed E-state index contributed by atoms with van der Waals surface area (Å²) in [6.07, 6.45) is 68.8. The van der Waals surface area contributed by atoms with Gasteiger partial charge in [-0.05, 0) is 51.4 Å². The Morgan fingerprint density at radius 2 is 0.522 bits per heavy atom. The van der Waals surface area contributed by atoms with Crippen molar-refractivity contribution < 1.29 is 28.6 Å². The molecule has 0 heterocycles. The van der Waals surface area contributed by atoms with Crippen LogP contribution in [0.1, 0.15) is 342 Å². The van der Waals surface area contributed by atoms with Gasteiger partial charge in [0.1, 0.15) is 13.2 Å². The van der Waals surface area contributed by atoms with Crippen LogP contribution in [-0.2, 0) is 28.6 Å². The molecular weight excluding hydrogens is 853 g/mol. The van der Waals surface area contributed by atoms with Crippen LogP contribution in [0.5, 0.6) is 0 Å². The molecule has 406 valence electrons. The van der Waals surface area contributed by atoms with E-state index >= 15 is 0 Å². The first-order chi connectivity index (χ1) is 34.0. The maximum absolute atomic E-state index is 12.9. The van der Waals surface area contributed by atoms with Gasteiger partial charge >= 0.3 is 17.9 Å². The number of esters is 3. The second kappa shape index (κ2) is 58.5. The molecule has 0 radical (unpaired) electrons. The molecule has 0 aromatic carbocycles. The third-order valence-electron chi connectivity index (χ3n) is 14.0. The third kappa shape index (κ3) is 56.7. The van der Waals surface area contributed by atoms with E-state index in [1.165, 1.54) is 231 Å². The van der Waals surface area contributed by atoms with Crippen LogP contribution >= 0.6 is 0 Å². The van der Waals surface area contributed by atoms with Crippen LogP contribution in [0.2, 0.25) is 0 Å². The minimum atomic E-state index is -0.771. The first-order valence-corrected chi connectivity index (χ1v) is 30.8. The molecule has 0 aliphatic carbocycles. The van der Waals surface area contributed by atoms with Crippen molar-refractivity contribution in [1.29, 1.82) is 0 Å². The van der Waals surface area contributed by atoms with Gasteiger partial charge in [0.05, 0.1) is 0 Å². The van der Waals surface area contributed by atoms with Crippen LogP contribution in [-0.4, -0.2) is 37.2 Å². The maximum atomic E-state index is 12.9. The number of carbonyl (C=O) groups is 3. The molecule has 0 N–H and O–H groups in total. The monoisotopic (exact) mass is 971 g/mol. The van der Waals surface area contributed by atoms with Gasteiger partial charge in [-0.2, -0.15) is 0 Å². The number of rotatable bonds is 57. The highest BCUT2D eigenvalue weighted by atomic mass is 16.6. The highest BCUT2D eigenvalue weighted by molar-refractivity contribution is 5.71. The molecule has 0 unspecified atom stereocenters. The van der Waals surface area contributed by atoms with Crippen molar-refractivity contribution in [3.8, 4) is 0 Å². The van der Waals surface area contributed by atoms with E-state index in [-0.39, 0.29) is 31.1 Å². The van der Waals surface area contributed by atoms with Crippen LogP contribution in [0.4, 0.5) is 0 Å². The maximum Gasteiger partial charge on any atom is 0.306 e. The van der Waals surface area contributed by atoms with Gasteiger partial charge in [0.15, 0.2) is 6.10 Å². The van der Waals surface area contributed by atoms with Crippen molar-refractivity contribution >= 4 is 17.9 Å². The number of ether oxygens (including phenoxy) is 3. The molecule has 0 rings (SSSR count). The van der Waals surface area contributed by atoms with E-state index in [9.17, 15) is 14.4 Å².